The Morgan fingerprint density at radius 1 is 1.19 bits per heavy atom. The van der Waals surface area contributed by atoms with Crippen LogP contribution in [-0.4, -0.2) is 20.7 Å². The first-order chi connectivity index (χ1) is 7.75. The van der Waals surface area contributed by atoms with Crippen LogP contribution in [0.3, 0.4) is 0 Å². The molecule has 0 atom stereocenters. The quantitative estimate of drug-likeness (QED) is 0.786. The second-order valence-corrected chi connectivity index (χ2v) is 3.86. The molecule has 0 bridgehead atoms. The summed E-state index contributed by atoms with van der Waals surface area (Å²) in [6.45, 7) is 0. The summed E-state index contributed by atoms with van der Waals surface area (Å²) in [5, 5.41) is 13.4. The molecule has 0 spiro atoms. The lowest BCUT2D eigenvalue weighted by atomic mass is 10.2. The van der Waals surface area contributed by atoms with Gasteiger partial charge >= 0.3 is 0 Å². The molecule has 3 rings (SSSR count). The van der Waals surface area contributed by atoms with Crippen LogP contribution in [0.5, 0.6) is 5.75 Å². The largest absolute Gasteiger partial charge is 0.508 e. The van der Waals surface area contributed by atoms with Crippen LogP contribution in [0.25, 0.3) is 5.69 Å². The van der Waals surface area contributed by atoms with Crippen LogP contribution in [0.15, 0.2) is 30.5 Å². The van der Waals surface area contributed by atoms with Gasteiger partial charge in [-0.25, -0.2) is 4.68 Å². The Labute approximate surface area is 92.1 Å². The molecule has 0 amide bonds. The molecule has 2 aromatic rings. The van der Waals surface area contributed by atoms with E-state index in [1.807, 2.05) is 0 Å². The van der Waals surface area contributed by atoms with E-state index in [0.717, 1.165) is 23.4 Å². The zero-order valence-electron chi connectivity index (χ0n) is 8.55. The van der Waals surface area contributed by atoms with Gasteiger partial charge in [0.2, 0.25) is 0 Å². The topological polar surface area (TPSA) is 55.1 Å². The van der Waals surface area contributed by atoms with E-state index in [2.05, 4.69) is 5.10 Å². The lowest BCUT2D eigenvalue weighted by Crippen LogP contribution is -2.00. The Kier molecular flexibility index (Phi) is 1.83. The van der Waals surface area contributed by atoms with E-state index in [4.69, 9.17) is 0 Å². The molecule has 0 aliphatic heterocycles. The third-order valence-corrected chi connectivity index (χ3v) is 2.85. The number of benzene rings is 1. The van der Waals surface area contributed by atoms with Gasteiger partial charge in [-0.3, -0.25) is 4.79 Å². The van der Waals surface area contributed by atoms with Crippen molar-refractivity contribution in [2.24, 2.45) is 0 Å². The molecule has 0 fully saturated rings. The monoisotopic (exact) mass is 214 g/mol. The van der Waals surface area contributed by atoms with Gasteiger partial charge < -0.3 is 5.11 Å². The van der Waals surface area contributed by atoms with Crippen LogP contribution in [0.1, 0.15) is 22.5 Å². The fraction of sp³-hybridized carbons (Fsp3) is 0.167. The average molecular weight is 214 g/mol. The number of Topliss-reactive ketones (excluding diaryl/α,β-unsaturated/α-hetero) is 1. The van der Waals surface area contributed by atoms with Gasteiger partial charge in [-0.2, -0.15) is 5.10 Å². The highest BCUT2D eigenvalue weighted by atomic mass is 16.3. The number of carbonyl (C=O) groups excluding carboxylic acids is 1. The Balaban J connectivity index is 2.11. The Morgan fingerprint density at radius 2 is 1.94 bits per heavy atom. The number of carbonyl (C=O) groups is 1. The highest BCUT2D eigenvalue weighted by molar-refractivity contribution is 5.99. The number of phenolic OH excluding ortho intramolecular Hbond substituents is 1. The van der Waals surface area contributed by atoms with Crippen molar-refractivity contribution >= 4 is 5.78 Å². The second-order valence-electron chi connectivity index (χ2n) is 3.86. The molecule has 1 aromatic heterocycles. The van der Waals surface area contributed by atoms with Crippen LogP contribution in [0, 0.1) is 0 Å². The van der Waals surface area contributed by atoms with Gasteiger partial charge in [0.05, 0.1) is 23.1 Å². The first kappa shape index (κ1) is 9.15. The van der Waals surface area contributed by atoms with E-state index in [9.17, 15) is 9.90 Å². The fourth-order valence-corrected chi connectivity index (χ4v) is 2.03. The van der Waals surface area contributed by atoms with Crippen LogP contribution in [0.2, 0.25) is 0 Å². The van der Waals surface area contributed by atoms with Crippen LogP contribution in [-0.2, 0) is 6.42 Å². The van der Waals surface area contributed by atoms with E-state index in [1.54, 1.807) is 35.1 Å². The number of ketones is 1. The molecule has 1 aliphatic rings. The summed E-state index contributed by atoms with van der Waals surface area (Å²) in [6, 6.07) is 6.79. The summed E-state index contributed by atoms with van der Waals surface area (Å²) in [6.07, 6.45) is 2.94. The highest BCUT2D eigenvalue weighted by Gasteiger charge is 2.24. The minimum Gasteiger partial charge on any atom is -0.508 e. The molecule has 0 unspecified atom stereocenters. The van der Waals surface area contributed by atoms with E-state index in [0.29, 0.717) is 6.42 Å². The van der Waals surface area contributed by atoms with Gasteiger partial charge in [0.1, 0.15) is 5.75 Å². The van der Waals surface area contributed by atoms with Gasteiger partial charge in [-0.05, 0) is 30.7 Å². The number of aromatic nitrogens is 2. The zero-order chi connectivity index (χ0) is 11.1. The minimum absolute atomic E-state index is 0.167. The number of hydrogen-bond acceptors (Lipinski definition) is 3. The van der Waals surface area contributed by atoms with Crippen molar-refractivity contribution < 1.29 is 9.90 Å². The maximum Gasteiger partial charge on any atom is 0.166 e. The van der Waals surface area contributed by atoms with Gasteiger partial charge in [-0.15, -0.1) is 0 Å². The van der Waals surface area contributed by atoms with Crippen LogP contribution in [0.4, 0.5) is 0 Å². The lowest BCUT2D eigenvalue weighted by Gasteiger charge is -2.04. The lowest BCUT2D eigenvalue weighted by molar-refractivity contribution is 0.0994. The third-order valence-electron chi connectivity index (χ3n) is 2.85. The summed E-state index contributed by atoms with van der Waals surface area (Å²) in [4.78, 5) is 11.5. The van der Waals surface area contributed by atoms with E-state index >= 15 is 0 Å². The van der Waals surface area contributed by atoms with Gasteiger partial charge in [0, 0.05) is 6.42 Å². The molecule has 0 saturated carbocycles. The van der Waals surface area contributed by atoms with E-state index in [1.165, 1.54) is 0 Å². The summed E-state index contributed by atoms with van der Waals surface area (Å²) < 4.78 is 1.76. The molecular formula is C12H10N2O2. The maximum atomic E-state index is 11.5. The Morgan fingerprint density at radius 3 is 2.69 bits per heavy atom. The predicted molar refractivity (Wildman–Crippen MR) is 57.9 cm³/mol. The highest BCUT2D eigenvalue weighted by Crippen LogP contribution is 2.24. The minimum atomic E-state index is 0.167. The van der Waals surface area contributed by atoms with Crippen molar-refractivity contribution in [3.63, 3.8) is 0 Å². The molecule has 4 heteroatoms. The van der Waals surface area contributed by atoms with Gasteiger partial charge in [0.25, 0.3) is 0 Å². The first-order valence-corrected chi connectivity index (χ1v) is 5.15. The molecule has 1 heterocycles. The SMILES string of the molecule is O=C1CCc2c1cnn2-c1ccc(O)cc1. The molecule has 1 N–H and O–H groups in total. The zero-order valence-corrected chi connectivity index (χ0v) is 8.55. The van der Waals surface area contributed by atoms with Crippen molar-refractivity contribution in [3.8, 4) is 11.4 Å². The number of phenols is 1. The predicted octanol–water partition coefficient (Wildman–Crippen LogP) is 1.71. The fourth-order valence-electron chi connectivity index (χ4n) is 2.03. The molecular weight excluding hydrogens is 204 g/mol. The molecule has 1 aliphatic carbocycles. The van der Waals surface area contributed by atoms with Crippen molar-refractivity contribution in [1.82, 2.24) is 9.78 Å². The first-order valence-electron chi connectivity index (χ1n) is 5.15. The number of fused-ring (bicyclic) bond motifs is 1. The van der Waals surface area contributed by atoms with Crippen LogP contribution < -0.4 is 0 Å². The van der Waals surface area contributed by atoms with Crippen molar-refractivity contribution in [2.45, 2.75) is 12.8 Å². The van der Waals surface area contributed by atoms with Crippen LogP contribution >= 0.6 is 0 Å². The van der Waals surface area contributed by atoms with Crippen molar-refractivity contribution in [2.75, 3.05) is 0 Å². The van der Waals surface area contributed by atoms with Crippen molar-refractivity contribution in [3.05, 3.63) is 41.7 Å². The molecule has 0 saturated heterocycles. The molecule has 80 valence electrons. The third kappa shape index (κ3) is 1.23. The van der Waals surface area contributed by atoms with Crippen molar-refractivity contribution in [1.29, 1.82) is 0 Å². The number of rotatable bonds is 1. The molecule has 0 radical (unpaired) electrons. The van der Waals surface area contributed by atoms with E-state index < -0.39 is 0 Å². The normalized spacial score (nSPS) is 14.1. The summed E-state index contributed by atoms with van der Waals surface area (Å²) in [5.74, 6) is 0.392. The Hall–Kier alpha value is -2.10. The van der Waals surface area contributed by atoms with E-state index in [-0.39, 0.29) is 11.5 Å². The Bertz CT molecular complexity index is 555. The standard InChI is InChI=1S/C12H10N2O2/c15-9-3-1-8(2-4-9)14-11-5-6-12(16)10(11)7-13-14/h1-4,7,15H,5-6H2. The molecule has 1 aromatic carbocycles. The number of nitrogens with zero attached hydrogens (tertiary/aromatic N) is 2. The maximum absolute atomic E-state index is 11.5. The molecule has 4 nitrogen and oxygen atoms in total. The second kappa shape index (κ2) is 3.20. The summed E-state index contributed by atoms with van der Waals surface area (Å²) in [7, 11) is 0. The van der Waals surface area contributed by atoms with Gasteiger partial charge in [-0.1, -0.05) is 0 Å². The number of aromatic hydroxyl groups is 1. The average Bonchev–Trinajstić information content (AvgIpc) is 2.84. The number of hydrogen-bond donors (Lipinski definition) is 1. The molecule has 16 heavy (non-hydrogen) atoms. The summed E-state index contributed by atoms with van der Waals surface area (Å²) in [5.41, 5.74) is 2.57. The van der Waals surface area contributed by atoms with Gasteiger partial charge in [0.15, 0.2) is 5.78 Å². The smallest absolute Gasteiger partial charge is 0.166 e. The summed E-state index contributed by atoms with van der Waals surface area (Å²) >= 11 is 0.